The normalized spacial score (nSPS) is 28.2. The molecule has 1 saturated carbocycles. The lowest BCUT2D eigenvalue weighted by molar-refractivity contribution is -0.121. The molecule has 4 rings (SSSR count). The van der Waals surface area contributed by atoms with Gasteiger partial charge >= 0.3 is 0 Å². The summed E-state index contributed by atoms with van der Waals surface area (Å²) in [4.78, 5) is 14.7. The zero-order chi connectivity index (χ0) is 17.3. The van der Waals surface area contributed by atoms with Crippen molar-refractivity contribution in [3.05, 3.63) is 35.9 Å². The molecule has 2 heterocycles. The smallest absolute Gasteiger partial charge is 0.220 e. The van der Waals surface area contributed by atoms with Gasteiger partial charge in [-0.2, -0.15) is 10.2 Å². The second kappa shape index (κ2) is 6.61. The number of benzene rings is 1. The molecule has 0 aromatic heterocycles. The molecule has 1 aromatic carbocycles. The largest absolute Gasteiger partial charge is 0.353 e. The number of carbonyl (C=O) groups is 1. The van der Waals surface area contributed by atoms with Crippen molar-refractivity contribution in [2.75, 3.05) is 13.1 Å². The number of amides is 1. The van der Waals surface area contributed by atoms with Gasteiger partial charge in [0.05, 0.1) is 0 Å². The zero-order valence-corrected chi connectivity index (χ0v) is 14.4. The van der Waals surface area contributed by atoms with Gasteiger partial charge in [0.25, 0.3) is 0 Å². The average Bonchev–Trinajstić information content (AvgIpc) is 3.49. The molecule has 25 heavy (non-hydrogen) atoms. The summed E-state index contributed by atoms with van der Waals surface area (Å²) < 4.78 is 0. The quantitative estimate of drug-likeness (QED) is 0.742. The maximum absolute atomic E-state index is 12.2. The minimum Gasteiger partial charge on any atom is -0.353 e. The van der Waals surface area contributed by atoms with Crippen LogP contribution in [0.25, 0.3) is 0 Å². The fourth-order valence-corrected chi connectivity index (χ4v) is 4.04. The third-order valence-corrected chi connectivity index (χ3v) is 5.65. The third-order valence-electron chi connectivity index (χ3n) is 5.65. The van der Waals surface area contributed by atoms with Gasteiger partial charge in [-0.1, -0.05) is 30.3 Å². The lowest BCUT2D eigenvalue weighted by Gasteiger charge is -2.20. The van der Waals surface area contributed by atoms with Crippen molar-refractivity contribution in [2.45, 2.75) is 43.9 Å². The average molecular weight is 336 g/mol. The second-order valence-electron chi connectivity index (χ2n) is 7.49. The minimum atomic E-state index is -0.352. The van der Waals surface area contributed by atoms with E-state index < -0.39 is 0 Å². The number of carbonyl (C=O) groups excluding carboxylic acids is 1. The van der Waals surface area contributed by atoms with E-state index in [4.69, 9.17) is 6.42 Å². The summed E-state index contributed by atoms with van der Waals surface area (Å²) in [7, 11) is 0. The topological polar surface area (TPSA) is 57.1 Å². The van der Waals surface area contributed by atoms with Crippen molar-refractivity contribution in [3.63, 3.8) is 0 Å². The standard InChI is InChI=1S/C20H24N4O/c1-2-3-10-20(22-23-20)11-9-18(25)21-19-16-13-24(14-17(16)19)12-15-7-5-4-6-8-15/h1,4-8,16-17,19H,3,9-14H2,(H,21,25)/t16-,17+,19?. The molecule has 1 amide bonds. The Kier molecular flexibility index (Phi) is 4.30. The van der Waals surface area contributed by atoms with Crippen LogP contribution >= 0.6 is 0 Å². The summed E-state index contributed by atoms with van der Waals surface area (Å²) >= 11 is 0. The van der Waals surface area contributed by atoms with E-state index in [-0.39, 0.29) is 11.6 Å². The maximum atomic E-state index is 12.2. The number of nitrogens with zero attached hydrogens (tertiary/aromatic N) is 3. The highest BCUT2D eigenvalue weighted by atomic mass is 16.1. The van der Waals surface area contributed by atoms with Crippen molar-refractivity contribution in [3.8, 4) is 12.3 Å². The number of fused-ring (bicyclic) bond motifs is 1. The highest BCUT2D eigenvalue weighted by Gasteiger charge is 2.56. The van der Waals surface area contributed by atoms with Crippen LogP contribution in [-0.2, 0) is 11.3 Å². The summed E-state index contributed by atoms with van der Waals surface area (Å²) in [6.07, 6.45) is 7.89. The lowest BCUT2D eigenvalue weighted by atomic mass is 10.0. The molecular formula is C20H24N4O. The number of piperidine rings is 1. The maximum Gasteiger partial charge on any atom is 0.220 e. The molecule has 1 aromatic rings. The molecule has 2 aliphatic heterocycles. The Morgan fingerprint density at radius 2 is 1.96 bits per heavy atom. The first-order valence-electron chi connectivity index (χ1n) is 9.12. The van der Waals surface area contributed by atoms with Crippen LogP contribution in [0.1, 0.15) is 31.2 Å². The van der Waals surface area contributed by atoms with E-state index in [9.17, 15) is 4.79 Å². The van der Waals surface area contributed by atoms with Crippen LogP contribution in [0.5, 0.6) is 0 Å². The van der Waals surface area contributed by atoms with Gasteiger partial charge in [-0.05, 0) is 17.4 Å². The van der Waals surface area contributed by atoms with Gasteiger partial charge in [0, 0.05) is 51.4 Å². The Morgan fingerprint density at radius 1 is 1.24 bits per heavy atom. The monoisotopic (exact) mass is 336 g/mol. The van der Waals surface area contributed by atoms with E-state index in [1.54, 1.807) is 0 Å². The van der Waals surface area contributed by atoms with Crippen LogP contribution in [0, 0.1) is 24.2 Å². The first-order valence-corrected chi connectivity index (χ1v) is 9.12. The molecule has 0 bridgehead atoms. The summed E-state index contributed by atoms with van der Waals surface area (Å²) in [5, 5.41) is 11.4. The number of hydrogen-bond donors (Lipinski definition) is 1. The van der Waals surface area contributed by atoms with Crippen molar-refractivity contribution in [1.82, 2.24) is 10.2 Å². The number of nitrogens with one attached hydrogen (secondary N) is 1. The van der Waals surface area contributed by atoms with E-state index in [0.717, 1.165) is 26.1 Å². The fraction of sp³-hybridized carbons (Fsp3) is 0.550. The molecule has 1 aliphatic carbocycles. The Labute approximate surface area is 148 Å². The van der Waals surface area contributed by atoms with E-state index in [1.165, 1.54) is 5.56 Å². The Bertz CT molecular complexity index is 690. The first-order chi connectivity index (χ1) is 12.2. The van der Waals surface area contributed by atoms with Crippen LogP contribution in [0.15, 0.2) is 40.6 Å². The highest BCUT2D eigenvalue weighted by Crippen LogP contribution is 2.46. The predicted octanol–water partition coefficient (Wildman–Crippen LogP) is 2.59. The van der Waals surface area contributed by atoms with Crippen molar-refractivity contribution >= 4 is 5.91 Å². The van der Waals surface area contributed by atoms with Gasteiger partial charge < -0.3 is 5.32 Å². The molecule has 0 radical (unpaired) electrons. The zero-order valence-electron chi connectivity index (χ0n) is 14.4. The van der Waals surface area contributed by atoms with Crippen molar-refractivity contribution in [2.24, 2.45) is 22.1 Å². The highest BCUT2D eigenvalue weighted by molar-refractivity contribution is 5.77. The number of hydrogen-bond acceptors (Lipinski definition) is 4. The van der Waals surface area contributed by atoms with Crippen LogP contribution in [0.2, 0.25) is 0 Å². The van der Waals surface area contributed by atoms with Crippen LogP contribution < -0.4 is 5.32 Å². The molecule has 5 heteroatoms. The molecular weight excluding hydrogens is 312 g/mol. The number of terminal acetylenes is 1. The predicted molar refractivity (Wildman–Crippen MR) is 95.5 cm³/mol. The SMILES string of the molecule is C#CCCC1(CCC(=O)NC2[C@H]3CN(Cc4ccccc4)C[C@@H]23)N=N1. The van der Waals surface area contributed by atoms with E-state index in [0.29, 0.717) is 37.1 Å². The molecule has 3 aliphatic rings. The van der Waals surface area contributed by atoms with Gasteiger partial charge in [0.2, 0.25) is 5.91 Å². The molecule has 2 fully saturated rings. The summed E-state index contributed by atoms with van der Waals surface area (Å²) in [5.74, 6) is 3.99. The van der Waals surface area contributed by atoms with Crippen molar-refractivity contribution in [1.29, 1.82) is 0 Å². The molecule has 0 spiro atoms. The minimum absolute atomic E-state index is 0.131. The third kappa shape index (κ3) is 3.74. The molecule has 5 nitrogen and oxygen atoms in total. The van der Waals surface area contributed by atoms with Crippen LogP contribution in [0.3, 0.4) is 0 Å². The van der Waals surface area contributed by atoms with Gasteiger partial charge in [-0.25, -0.2) is 0 Å². The second-order valence-corrected chi connectivity index (χ2v) is 7.49. The summed E-state index contributed by atoms with van der Waals surface area (Å²) in [6.45, 7) is 3.18. The van der Waals surface area contributed by atoms with Gasteiger partial charge in [-0.15, -0.1) is 12.3 Å². The Morgan fingerprint density at radius 3 is 2.60 bits per heavy atom. The number of likely N-dealkylation sites (tertiary alicyclic amines) is 1. The Balaban J connectivity index is 1.16. The molecule has 1 unspecified atom stereocenters. The fourth-order valence-electron chi connectivity index (χ4n) is 4.04. The van der Waals surface area contributed by atoms with Crippen molar-refractivity contribution < 1.29 is 4.79 Å². The van der Waals surface area contributed by atoms with E-state index in [1.807, 2.05) is 0 Å². The molecule has 3 atom stereocenters. The van der Waals surface area contributed by atoms with Gasteiger partial charge in [0.15, 0.2) is 5.66 Å². The summed E-state index contributed by atoms with van der Waals surface area (Å²) in [5.41, 5.74) is 1.01. The number of rotatable bonds is 8. The van der Waals surface area contributed by atoms with Crippen LogP contribution in [0.4, 0.5) is 0 Å². The van der Waals surface area contributed by atoms with Gasteiger partial charge in [0.1, 0.15) is 0 Å². The lowest BCUT2D eigenvalue weighted by Crippen LogP contribution is -2.34. The van der Waals surface area contributed by atoms with Crippen LogP contribution in [-0.4, -0.2) is 35.6 Å². The molecule has 1 saturated heterocycles. The van der Waals surface area contributed by atoms with E-state index in [2.05, 4.69) is 56.7 Å². The van der Waals surface area contributed by atoms with Gasteiger partial charge in [-0.3, -0.25) is 9.69 Å². The van der Waals surface area contributed by atoms with E-state index >= 15 is 0 Å². The summed E-state index contributed by atoms with van der Waals surface area (Å²) in [6, 6.07) is 10.9. The Hall–Kier alpha value is -2.19. The molecule has 130 valence electrons. The molecule has 1 N–H and O–H groups in total. The first kappa shape index (κ1) is 16.3.